The van der Waals surface area contributed by atoms with Crippen LogP contribution in [-0.4, -0.2) is 25.3 Å². The summed E-state index contributed by atoms with van der Waals surface area (Å²) in [6.45, 7) is 11.6. The molecule has 0 aromatic heterocycles. The number of sulfonamides is 1. The van der Waals surface area contributed by atoms with Crippen molar-refractivity contribution in [3.8, 4) is 0 Å². The average Bonchev–Trinajstić information content (AvgIpc) is 2.95. The maximum absolute atomic E-state index is 12.8. The van der Waals surface area contributed by atoms with Crippen molar-refractivity contribution in [2.45, 2.75) is 64.8 Å². The number of hydrogen-bond acceptors (Lipinski definition) is 2. The van der Waals surface area contributed by atoms with Gasteiger partial charge in [-0.1, -0.05) is 59.2 Å². The Hall–Kier alpha value is -0.221. The molecule has 3 fully saturated rings. The Bertz CT molecular complexity index is 724. The molecule has 1 heterocycles. The fraction of sp³-hybridized carbons (Fsp3) is 0.385. The van der Waals surface area contributed by atoms with E-state index in [9.17, 15) is 8.42 Å². The molecule has 0 spiro atoms. The van der Waals surface area contributed by atoms with E-state index in [1.165, 1.54) is 35.5 Å². The maximum atomic E-state index is 12.8. The zero-order valence-electron chi connectivity index (χ0n) is 19.1. The third-order valence-corrected chi connectivity index (χ3v) is 8.56. The molecule has 31 heavy (non-hydrogen) atoms. The monoisotopic (exact) mass is 616 g/mol. The number of hydrogen-bond donors (Lipinski definition) is 0. The molecule has 4 rings (SSSR count). The van der Waals surface area contributed by atoms with Gasteiger partial charge < -0.3 is 0 Å². The molecule has 3 nitrogen and oxygen atoms in total. The Labute approximate surface area is 205 Å². The van der Waals surface area contributed by atoms with Crippen LogP contribution in [0.15, 0.2) is 35.2 Å². The molecule has 1 aromatic rings. The molecule has 2 aliphatic carbocycles. The largest absolute Gasteiger partial charge is 0.243 e. The Morgan fingerprint density at radius 3 is 1.90 bits per heavy atom. The van der Waals surface area contributed by atoms with Crippen molar-refractivity contribution in [3.63, 3.8) is 0 Å². The van der Waals surface area contributed by atoms with Crippen LogP contribution in [0.2, 0.25) is 0 Å². The third kappa shape index (κ3) is 6.02. The normalized spacial score (nSPS) is 25.9. The third-order valence-electron chi connectivity index (χ3n) is 6.66. The second kappa shape index (κ2) is 11.8. The van der Waals surface area contributed by atoms with Gasteiger partial charge in [0.15, 0.2) is 0 Å². The molecule has 1 unspecified atom stereocenters. The minimum absolute atomic E-state index is 0. The average molecular weight is 616 g/mol. The van der Waals surface area contributed by atoms with E-state index < -0.39 is 10.0 Å². The molecule has 1 aliphatic heterocycles. The van der Waals surface area contributed by atoms with Crippen LogP contribution in [0.1, 0.15) is 53.9 Å². The smallest absolute Gasteiger partial charge is 0.207 e. The quantitative estimate of drug-likeness (QED) is 0.434. The fourth-order valence-corrected chi connectivity index (χ4v) is 5.87. The van der Waals surface area contributed by atoms with E-state index in [1.807, 2.05) is 25.3 Å². The first-order valence-corrected chi connectivity index (χ1v) is 12.2. The van der Waals surface area contributed by atoms with E-state index in [-0.39, 0.29) is 26.1 Å². The van der Waals surface area contributed by atoms with Gasteiger partial charge in [0.25, 0.3) is 0 Å². The van der Waals surface area contributed by atoms with Crippen LogP contribution in [0.5, 0.6) is 0 Å². The maximum Gasteiger partial charge on any atom is 0.243 e. The van der Waals surface area contributed by atoms with Gasteiger partial charge in [0.1, 0.15) is 0 Å². The van der Waals surface area contributed by atoms with Crippen molar-refractivity contribution in [1.29, 1.82) is 0 Å². The van der Waals surface area contributed by atoms with Gasteiger partial charge in [-0.2, -0.15) is 4.31 Å². The molecule has 5 heteroatoms. The first-order valence-electron chi connectivity index (χ1n) is 10.7. The van der Waals surface area contributed by atoms with Crippen LogP contribution >= 0.6 is 0 Å². The molecule has 2 saturated carbocycles. The van der Waals surface area contributed by atoms with Gasteiger partial charge in [-0.05, 0) is 86.2 Å². The molecule has 169 valence electrons. The van der Waals surface area contributed by atoms with Gasteiger partial charge in [0.2, 0.25) is 10.0 Å². The van der Waals surface area contributed by atoms with Gasteiger partial charge in [0, 0.05) is 32.7 Å². The van der Waals surface area contributed by atoms with Crippen molar-refractivity contribution in [3.05, 3.63) is 91.5 Å². The summed E-state index contributed by atoms with van der Waals surface area (Å²) in [5.41, 5.74) is 0. The Kier molecular flexibility index (Phi) is 10.3. The summed E-state index contributed by atoms with van der Waals surface area (Å²) in [7, 11) is -3.43. The molecule has 11 radical (unpaired) electrons. The summed E-state index contributed by atoms with van der Waals surface area (Å²) >= 11 is 0. The van der Waals surface area contributed by atoms with Gasteiger partial charge >= 0.3 is 0 Å². The van der Waals surface area contributed by atoms with Crippen LogP contribution in [0, 0.1) is 61.2 Å². The first-order chi connectivity index (χ1) is 14.2. The Balaban J connectivity index is 0.000000264. The van der Waals surface area contributed by atoms with Gasteiger partial charge in [-0.3, -0.25) is 0 Å². The summed E-state index contributed by atoms with van der Waals surface area (Å²) in [4.78, 5) is 0.379. The SMILES string of the molecule is C[C]1[C](C)[C](C)[C](C)[C]1C.O=S(=O)(c1ccccc1)N1CCCC[C]2[CH][CH][CH][CH]C21.[Ir]. The zero-order chi connectivity index (χ0) is 21.9. The minimum Gasteiger partial charge on any atom is -0.207 e. The van der Waals surface area contributed by atoms with E-state index >= 15 is 0 Å². The Morgan fingerprint density at radius 2 is 1.35 bits per heavy atom. The number of fused-ring (bicyclic) bond motifs is 1. The van der Waals surface area contributed by atoms with Gasteiger partial charge in [-0.25, -0.2) is 8.42 Å². The topological polar surface area (TPSA) is 37.4 Å². The van der Waals surface area contributed by atoms with Crippen LogP contribution in [-0.2, 0) is 30.1 Å². The van der Waals surface area contributed by atoms with Gasteiger partial charge in [-0.15, -0.1) is 0 Å². The molecule has 0 amide bonds. The number of benzene rings is 1. The Morgan fingerprint density at radius 1 is 0.806 bits per heavy atom. The summed E-state index contributed by atoms with van der Waals surface area (Å²) in [6, 6.07) is 8.60. The number of nitrogens with zero attached hydrogens (tertiary/aromatic N) is 1. The molecular formula is C26H33IrNO2S. The second-order valence-electron chi connectivity index (χ2n) is 8.27. The van der Waals surface area contributed by atoms with E-state index in [0.717, 1.165) is 19.3 Å². The van der Waals surface area contributed by atoms with Crippen molar-refractivity contribution in [1.82, 2.24) is 4.31 Å². The summed E-state index contributed by atoms with van der Waals surface area (Å²) < 4.78 is 27.3. The summed E-state index contributed by atoms with van der Waals surface area (Å²) in [5.74, 6) is 8.54. The fourth-order valence-electron chi connectivity index (χ4n) is 4.22. The molecular weight excluding hydrogens is 583 g/mol. The molecule has 1 atom stereocenters. The second-order valence-corrected chi connectivity index (χ2v) is 10.2. The summed E-state index contributed by atoms with van der Waals surface area (Å²) in [6.07, 6.45) is 10.9. The van der Waals surface area contributed by atoms with E-state index in [2.05, 4.69) is 41.0 Å². The first kappa shape index (κ1) is 27.0. The van der Waals surface area contributed by atoms with Crippen molar-refractivity contribution >= 4 is 10.0 Å². The zero-order valence-corrected chi connectivity index (χ0v) is 22.3. The van der Waals surface area contributed by atoms with Crippen LogP contribution in [0.4, 0.5) is 0 Å². The van der Waals surface area contributed by atoms with Crippen molar-refractivity contribution in [2.24, 2.45) is 0 Å². The van der Waals surface area contributed by atoms with E-state index in [1.54, 1.807) is 28.6 Å². The number of rotatable bonds is 2. The van der Waals surface area contributed by atoms with Crippen LogP contribution < -0.4 is 0 Å². The van der Waals surface area contributed by atoms with Crippen LogP contribution in [0.3, 0.4) is 0 Å². The predicted molar refractivity (Wildman–Crippen MR) is 123 cm³/mol. The van der Waals surface area contributed by atoms with E-state index in [4.69, 9.17) is 0 Å². The standard InChI is InChI=1S/C16H18NO2S.C10H15.Ir/c18-20(19,15-10-2-1-3-11-15)17-13-7-6-9-14-8-4-5-12-16(14)17;1-6-7(2)9(4)10(5)8(6)3;/h1-5,8,10-12,16H,6-7,9,13H2;1-5H3;. The van der Waals surface area contributed by atoms with Gasteiger partial charge in [0.05, 0.1) is 4.90 Å². The minimum atomic E-state index is -3.43. The van der Waals surface area contributed by atoms with Crippen molar-refractivity contribution in [2.75, 3.05) is 6.54 Å². The van der Waals surface area contributed by atoms with Crippen LogP contribution in [0.25, 0.3) is 0 Å². The molecule has 1 aromatic carbocycles. The molecule has 3 aliphatic rings. The van der Waals surface area contributed by atoms with Crippen molar-refractivity contribution < 1.29 is 28.5 Å². The predicted octanol–water partition coefficient (Wildman–Crippen LogP) is 5.60. The summed E-state index contributed by atoms with van der Waals surface area (Å²) in [5, 5.41) is 0. The molecule has 1 saturated heterocycles. The van der Waals surface area contributed by atoms with E-state index in [0.29, 0.717) is 11.4 Å². The molecule has 0 N–H and O–H groups in total. The molecule has 0 bridgehead atoms.